The first-order valence-corrected chi connectivity index (χ1v) is 1.90. The summed E-state index contributed by atoms with van der Waals surface area (Å²) in [5.74, 6) is 0. The maximum Gasteiger partial charge on any atom is 2.00 e. The molecule has 11 N–H and O–H groups in total. The van der Waals surface area contributed by atoms with Crippen LogP contribution in [0, 0.1) is 0 Å². The molecule has 0 aromatic heterocycles. The Kier molecular flexibility index (Phi) is 191. The summed E-state index contributed by atoms with van der Waals surface area (Å²) in [6.45, 7) is 0. The van der Waals surface area contributed by atoms with E-state index in [0.717, 1.165) is 0 Å². The van der Waals surface area contributed by atoms with Gasteiger partial charge in [-0.15, -0.1) is 0 Å². The molecule has 0 atom stereocenters. The van der Waals surface area contributed by atoms with Gasteiger partial charge >= 0.3 is 74.4 Å². The zero-order chi connectivity index (χ0) is 10.7. The SMILES string of the molecule is O.O.O.O.O=C([O-])O.O=C([O-])O.O=C([O-])O.[K+].[Mg+2]. The Morgan fingerprint density at radius 1 is 0.611 bits per heavy atom. The van der Waals surface area contributed by atoms with Crippen LogP contribution in [-0.4, -0.2) is 78.7 Å². The van der Waals surface area contributed by atoms with E-state index in [1.165, 1.54) is 0 Å². The van der Waals surface area contributed by atoms with Crippen LogP contribution in [0.4, 0.5) is 14.4 Å². The molecule has 104 valence electrons. The van der Waals surface area contributed by atoms with Crippen LogP contribution in [0.5, 0.6) is 0 Å². The van der Waals surface area contributed by atoms with Gasteiger partial charge in [0.25, 0.3) is 0 Å². The smallest absolute Gasteiger partial charge is 0.565 e. The monoisotopic (exact) mass is 318 g/mol. The minimum atomic E-state index is -2.08. The summed E-state index contributed by atoms with van der Waals surface area (Å²) in [5.41, 5.74) is 0. The van der Waals surface area contributed by atoms with E-state index >= 15 is 0 Å². The molecule has 13 nitrogen and oxygen atoms in total. The van der Waals surface area contributed by atoms with E-state index in [-0.39, 0.29) is 96.3 Å². The number of carbonyl (C=O) groups is 3. The molecule has 0 aromatic carbocycles. The first kappa shape index (κ1) is 64.1. The van der Waals surface area contributed by atoms with Crippen LogP contribution in [0.15, 0.2) is 0 Å². The maximum atomic E-state index is 8.44. The van der Waals surface area contributed by atoms with E-state index in [0.29, 0.717) is 0 Å². The van der Waals surface area contributed by atoms with Gasteiger partial charge in [-0.3, -0.25) is 0 Å². The summed E-state index contributed by atoms with van der Waals surface area (Å²) in [6, 6.07) is 0. The minimum Gasteiger partial charge on any atom is -0.565 e. The van der Waals surface area contributed by atoms with Crippen LogP contribution in [0.1, 0.15) is 0 Å². The summed E-state index contributed by atoms with van der Waals surface area (Å²) in [7, 11) is 0. The van der Waals surface area contributed by atoms with Gasteiger partial charge in [-0.2, -0.15) is 0 Å². The summed E-state index contributed by atoms with van der Waals surface area (Å²) in [5, 5.41) is 45.9. The molecular formula is C3H11KMgO13. The molecule has 0 saturated heterocycles. The van der Waals surface area contributed by atoms with Crippen molar-refractivity contribution in [2.24, 2.45) is 0 Å². The Morgan fingerprint density at radius 3 is 0.611 bits per heavy atom. The standard InChI is InChI=1S/3CH2O3.K.Mg.4H2O/c3*2-1(3)4;;;;;;/h3*(H2,2,3,4);;;4*1H2/q;;;+1;+2;;;;/p-3. The molecule has 0 radical (unpaired) electrons. The van der Waals surface area contributed by atoms with Gasteiger partial charge in [0.15, 0.2) is 0 Å². The fraction of sp³-hybridized carbons (Fsp3) is 0. The first-order chi connectivity index (χ1) is 5.20. The van der Waals surface area contributed by atoms with Gasteiger partial charge in [-0.1, -0.05) is 0 Å². The average molecular weight is 319 g/mol. The van der Waals surface area contributed by atoms with E-state index in [4.69, 9.17) is 45.0 Å². The third kappa shape index (κ3) is 1310000. The molecule has 0 aliphatic rings. The Hall–Kier alpha value is 0.0526. The van der Waals surface area contributed by atoms with Crippen LogP contribution in [0.2, 0.25) is 0 Å². The van der Waals surface area contributed by atoms with Crippen molar-refractivity contribution in [2.75, 3.05) is 0 Å². The van der Waals surface area contributed by atoms with E-state index in [1.54, 1.807) is 0 Å². The zero-order valence-electron chi connectivity index (χ0n) is 9.00. The van der Waals surface area contributed by atoms with Gasteiger partial charge in [0.2, 0.25) is 18.5 Å². The molecule has 0 heterocycles. The zero-order valence-corrected chi connectivity index (χ0v) is 13.5. The Labute approximate surface area is 158 Å². The third-order valence-electron chi connectivity index (χ3n) is 0. The fourth-order valence-corrected chi connectivity index (χ4v) is 0. The van der Waals surface area contributed by atoms with Crippen molar-refractivity contribution >= 4 is 41.5 Å². The average Bonchev–Trinajstić information content (AvgIpc) is 1.54. The number of carboxylic acid groups (broad SMARTS) is 6. The summed E-state index contributed by atoms with van der Waals surface area (Å²) in [6.07, 6.45) is -6.25. The largest absolute Gasteiger partial charge is 2.00 e. The van der Waals surface area contributed by atoms with E-state index < -0.39 is 18.5 Å². The van der Waals surface area contributed by atoms with Crippen molar-refractivity contribution in [3.8, 4) is 0 Å². The van der Waals surface area contributed by atoms with Gasteiger partial charge in [0, 0.05) is 0 Å². The fourth-order valence-electron chi connectivity index (χ4n) is 0. The molecule has 0 aliphatic heterocycles. The van der Waals surface area contributed by atoms with Crippen LogP contribution in [0.25, 0.3) is 0 Å². The third-order valence-corrected chi connectivity index (χ3v) is 0. The van der Waals surface area contributed by atoms with Gasteiger partial charge in [-0.25, -0.2) is 0 Å². The van der Waals surface area contributed by atoms with Gasteiger partial charge in [-0.05, 0) is 0 Å². The van der Waals surface area contributed by atoms with Gasteiger partial charge in [0.05, 0.1) is 0 Å². The second-order valence-electron chi connectivity index (χ2n) is 0.798. The first-order valence-electron chi connectivity index (χ1n) is 1.90. The second kappa shape index (κ2) is 53.6. The van der Waals surface area contributed by atoms with E-state index in [2.05, 4.69) is 0 Å². The molecule has 15 heteroatoms. The summed E-state index contributed by atoms with van der Waals surface area (Å²) < 4.78 is 0. The Morgan fingerprint density at radius 2 is 0.611 bits per heavy atom. The molecule has 0 bridgehead atoms. The van der Waals surface area contributed by atoms with Crippen molar-refractivity contribution in [1.82, 2.24) is 0 Å². The van der Waals surface area contributed by atoms with Gasteiger partial charge in [0.1, 0.15) is 0 Å². The Bertz CT molecular complexity index is 120. The van der Waals surface area contributed by atoms with Crippen LogP contribution in [-0.2, 0) is 0 Å². The minimum absolute atomic E-state index is 0. The molecule has 0 unspecified atom stereocenters. The molecule has 0 saturated carbocycles. The van der Waals surface area contributed by atoms with E-state index in [9.17, 15) is 0 Å². The quantitative estimate of drug-likeness (QED) is 0.356. The number of hydrogen-bond donors (Lipinski definition) is 3. The number of rotatable bonds is 0. The molecule has 0 aliphatic carbocycles. The van der Waals surface area contributed by atoms with Crippen molar-refractivity contribution < 1.29 is 118 Å². The van der Waals surface area contributed by atoms with Crippen molar-refractivity contribution in [3.63, 3.8) is 0 Å². The normalized spacial score (nSPS) is 4.00. The van der Waals surface area contributed by atoms with Crippen LogP contribution < -0.4 is 66.7 Å². The van der Waals surface area contributed by atoms with Crippen LogP contribution in [0.3, 0.4) is 0 Å². The topological polar surface area (TPSA) is 307 Å². The second-order valence-corrected chi connectivity index (χ2v) is 0.798. The van der Waals surface area contributed by atoms with Crippen LogP contribution >= 0.6 is 0 Å². The maximum absolute atomic E-state index is 8.44. The van der Waals surface area contributed by atoms with Crippen molar-refractivity contribution in [2.45, 2.75) is 0 Å². The van der Waals surface area contributed by atoms with Crippen molar-refractivity contribution in [3.05, 3.63) is 0 Å². The van der Waals surface area contributed by atoms with E-state index in [1.807, 2.05) is 0 Å². The summed E-state index contributed by atoms with van der Waals surface area (Å²) >= 11 is 0. The Balaban J connectivity index is -0.00000000827. The predicted octanol–water partition coefficient (Wildman–Crippen LogP) is -10.0. The number of hydrogen-bond acceptors (Lipinski definition) is 6. The predicted molar refractivity (Wildman–Crippen MR) is 44.3 cm³/mol. The molecule has 18 heavy (non-hydrogen) atoms. The molecule has 0 fully saturated rings. The molecule has 0 rings (SSSR count). The molecule has 0 spiro atoms. The van der Waals surface area contributed by atoms with Crippen molar-refractivity contribution in [1.29, 1.82) is 0 Å². The summed E-state index contributed by atoms with van der Waals surface area (Å²) in [4.78, 5) is 25.3. The molecule has 0 amide bonds. The molecular weight excluding hydrogens is 307 g/mol. The van der Waals surface area contributed by atoms with Gasteiger partial charge < -0.3 is 66.9 Å². The molecule has 0 aromatic rings.